The minimum Gasteiger partial charge on any atom is -0.394 e. The van der Waals surface area contributed by atoms with E-state index in [1.165, 1.54) is 24.3 Å². The number of carbonyl (C=O) groups excluding carboxylic acids is 2. The van der Waals surface area contributed by atoms with Crippen molar-refractivity contribution in [3.63, 3.8) is 0 Å². The first kappa shape index (κ1) is 24.3. The molecule has 1 heterocycles. The van der Waals surface area contributed by atoms with Crippen molar-refractivity contribution in [3.8, 4) is 0 Å². The molecule has 0 aromatic heterocycles. The van der Waals surface area contributed by atoms with Gasteiger partial charge in [-0.15, -0.1) is 0 Å². The standard InChI is InChI=1S/C22H25F3N4O4/c23-13-1-4-15(5-2-13)27-21(31)26-10-9-16-6-8-18(20(12-30)33-16)28-22(32)29-19-11-14(24)3-7-17(19)25/h1-5,7,11,16,18,20,30H,6,8-10,12H2,(H2,26,27,31)(H2,28,29,32)/t16-,18+,20+/m1/s1. The molecule has 0 saturated carbocycles. The van der Waals surface area contributed by atoms with E-state index >= 15 is 0 Å². The number of aliphatic hydroxyl groups is 1. The summed E-state index contributed by atoms with van der Waals surface area (Å²) in [4.78, 5) is 24.1. The van der Waals surface area contributed by atoms with Crippen LogP contribution in [0.5, 0.6) is 0 Å². The van der Waals surface area contributed by atoms with Crippen LogP contribution in [0.3, 0.4) is 0 Å². The van der Waals surface area contributed by atoms with Gasteiger partial charge in [-0.05, 0) is 55.7 Å². The van der Waals surface area contributed by atoms with E-state index in [4.69, 9.17) is 4.74 Å². The summed E-state index contributed by atoms with van der Waals surface area (Å²) < 4.78 is 45.7. The molecule has 0 aliphatic carbocycles. The number of carbonyl (C=O) groups is 2. The van der Waals surface area contributed by atoms with Crippen molar-refractivity contribution in [2.24, 2.45) is 0 Å². The largest absolute Gasteiger partial charge is 0.394 e. The third-order valence-corrected chi connectivity index (χ3v) is 5.14. The summed E-state index contributed by atoms with van der Waals surface area (Å²) in [5.41, 5.74) is 0.154. The maximum atomic E-state index is 13.7. The van der Waals surface area contributed by atoms with E-state index in [0.717, 1.165) is 18.2 Å². The fourth-order valence-electron chi connectivity index (χ4n) is 3.48. The van der Waals surface area contributed by atoms with Crippen molar-refractivity contribution in [1.82, 2.24) is 10.6 Å². The Labute approximate surface area is 188 Å². The number of ether oxygens (including phenoxy) is 1. The number of anilines is 2. The van der Waals surface area contributed by atoms with E-state index in [9.17, 15) is 27.9 Å². The molecular weight excluding hydrogens is 441 g/mol. The van der Waals surface area contributed by atoms with Gasteiger partial charge in [0.1, 0.15) is 23.6 Å². The Bertz CT molecular complexity index is 961. The molecule has 0 bridgehead atoms. The molecule has 3 atom stereocenters. The molecule has 8 nitrogen and oxygen atoms in total. The molecule has 0 unspecified atom stereocenters. The van der Waals surface area contributed by atoms with Crippen LogP contribution >= 0.6 is 0 Å². The molecule has 33 heavy (non-hydrogen) atoms. The van der Waals surface area contributed by atoms with Crippen LogP contribution in [0.4, 0.5) is 34.1 Å². The quantitative estimate of drug-likeness (QED) is 0.431. The number of benzene rings is 2. The lowest BCUT2D eigenvalue weighted by molar-refractivity contribution is -0.0885. The van der Waals surface area contributed by atoms with Gasteiger partial charge in [0.15, 0.2) is 0 Å². The van der Waals surface area contributed by atoms with Crippen LogP contribution < -0.4 is 21.3 Å². The number of urea groups is 2. The SMILES string of the molecule is O=C(NCC[C@H]1CC[C@H](NC(=O)Nc2cc(F)ccc2F)[C@H](CO)O1)Nc1ccc(F)cc1. The zero-order valence-electron chi connectivity index (χ0n) is 17.6. The summed E-state index contributed by atoms with van der Waals surface area (Å²) >= 11 is 0. The van der Waals surface area contributed by atoms with Gasteiger partial charge in [0.2, 0.25) is 0 Å². The van der Waals surface area contributed by atoms with Gasteiger partial charge in [-0.3, -0.25) is 0 Å². The zero-order valence-corrected chi connectivity index (χ0v) is 17.6. The van der Waals surface area contributed by atoms with Gasteiger partial charge in [0.25, 0.3) is 0 Å². The second kappa shape index (κ2) is 11.5. The van der Waals surface area contributed by atoms with Crippen molar-refractivity contribution in [3.05, 3.63) is 59.9 Å². The first-order valence-electron chi connectivity index (χ1n) is 10.4. The zero-order chi connectivity index (χ0) is 23.8. The van der Waals surface area contributed by atoms with E-state index in [1.54, 1.807) is 0 Å². The molecule has 1 saturated heterocycles. The Morgan fingerprint density at radius 1 is 0.970 bits per heavy atom. The Balaban J connectivity index is 1.41. The van der Waals surface area contributed by atoms with Crippen LogP contribution in [0.15, 0.2) is 42.5 Å². The highest BCUT2D eigenvalue weighted by Crippen LogP contribution is 2.22. The molecule has 1 aliphatic rings. The topological polar surface area (TPSA) is 112 Å². The van der Waals surface area contributed by atoms with Crippen molar-refractivity contribution in [1.29, 1.82) is 0 Å². The van der Waals surface area contributed by atoms with Crippen molar-refractivity contribution in [2.75, 3.05) is 23.8 Å². The monoisotopic (exact) mass is 466 g/mol. The van der Waals surface area contributed by atoms with Crippen molar-refractivity contribution >= 4 is 23.4 Å². The van der Waals surface area contributed by atoms with Crippen LogP contribution in [0.1, 0.15) is 19.3 Å². The fraction of sp³-hybridized carbons (Fsp3) is 0.364. The van der Waals surface area contributed by atoms with Crippen LogP contribution in [0.2, 0.25) is 0 Å². The number of halogens is 3. The highest BCUT2D eigenvalue weighted by Gasteiger charge is 2.32. The number of aliphatic hydroxyl groups excluding tert-OH is 1. The second-order valence-electron chi connectivity index (χ2n) is 7.56. The molecule has 5 N–H and O–H groups in total. The maximum Gasteiger partial charge on any atom is 0.319 e. The van der Waals surface area contributed by atoms with Gasteiger partial charge in [0.05, 0.1) is 24.4 Å². The lowest BCUT2D eigenvalue weighted by atomic mass is 9.97. The molecule has 11 heteroatoms. The molecule has 2 aromatic rings. The average molecular weight is 466 g/mol. The minimum absolute atomic E-state index is 0.255. The van der Waals surface area contributed by atoms with Crippen LogP contribution in [-0.2, 0) is 4.74 Å². The van der Waals surface area contributed by atoms with Crippen molar-refractivity contribution in [2.45, 2.75) is 37.5 Å². The molecule has 3 rings (SSSR count). The van der Waals surface area contributed by atoms with E-state index in [0.29, 0.717) is 31.5 Å². The van der Waals surface area contributed by atoms with E-state index in [-0.39, 0.29) is 18.4 Å². The number of hydrogen-bond donors (Lipinski definition) is 5. The predicted molar refractivity (Wildman–Crippen MR) is 115 cm³/mol. The molecule has 0 spiro atoms. The van der Waals surface area contributed by atoms with Gasteiger partial charge in [-0.25, -0.2) is 22.8 Å². The maximum absolute atomic E-state index is 13.7. The number of nitrogens with one attached hydrogen (secondary N) is 4. The van der Waals surface area contributed by atoms with Crippen LogP contribution in [0.25, 0.3) is 0 Å². The van der Waals surface area contributed by atoms with Gasteiger partial charge < -0.3 is 31.1 Å². The summed E-state index contributed by atoms with van der Waals surface area (Å²) in [6.45, 7) is -0.0540. The van der Waals surface area contributed by atoms with Crippen LogP contribution in [-0.4, -0.2) is 48.6 Å². The number of rotatable bonds is 7. The third kappa shape index (κ3) is 7.36. The summed E-state index contributed by atoms with van der Waals surface area (Å²) in [6, 6.07) is 6.35. The number of amides is 4. The predicted octanol–water partition coefficient (Wildman–Crippen LogP) is 3.35. The molecule has 178 valence electrons. The minimum atomic E-state index is -0.777. The first-order valence-corrected chi connectivity index (χ1v) is 10.4. The average Bonchev–Trinajstić information content (AvgIpc) is 2.78. The molecule has 0 radical (unpaired) electrons. The van der Waals surface area contributed by atoms with Gasteiger partial charge in [0, 0.05) is 18.3 Å². The van der Waals surface area contributed by atoms with Crippen LogP contribution in [0, 0.1) is 17.5 Å². The third-order valence-electron chi connectivity index (χ3n) is 5.14. The van der Waals surface area contributed by atoms with Gasteiger partial charge in [-0.1, -0.05) is 0 Å². The first-order chi connectivity index (χ1) is 15.8. The Morgan fingerprint density at radius 3 is 2.42 bits per heavy atom. The molecular formula is C22H25F3N4O4. The Morgan fingerprint density at radius 2 is 1.70 bits per heavy atom. The summed E-state index contributed by atoms with van der Waals surface area (Å²) in [5.74, 6) is -1.87. The lowest BCUT2D eigenvalue weighted by Gasteiger charge is -2.36. The summed E-state index contributed by atoms with van der Waals surface area (Å²) in [7, 11) is 0. The molecule has 2 aromatic carbocycles. The lowest BCUT2D eigenvalue weighted by Crippen LogP contribution is -2.52. The smallest absolute Gasteiger partial charge is 0.319 e. The van der Waals surface area contributed by atoms with E-state index in [2.05, 4.69) is 21.3 Å². The molecule has 1 aliphatic heterocycles. The number of hydrogen-bond acceptors (Lipinski definition) is 4. The van der Waals surface area contributed by atoms with Crippen molar-refractivity contribution < 1.29 is 32.6 Å². The van der Waals surface area contributed by atoms with E-state index in [1.807, 2.05) is 0 Å². The second-order valence-corrected chi connectivity index (χ2v) is 7.56. The fourth-order valence-corrected chi connectivity index (χ4v) is 3.48. The Kier molecular flexibility index (Phi) is 8.50. The highest BCUT2D eigenvalue weighted by atomic mass is 19.1. The summed E-state index contributed by atoms with van der Waals surface area (Å²) in [6.07, 6.45) is 0.559. The molecule has 1 fully saturated rings. The van der Waals surface area contributed by atoms with Gasteiger partial charge >= 0.3 is 12.1 Å². The summed E-state index contributed by atoms with van der Waals surface area (Å²) in [5, 5.41) is 19.8. The molecule has 4 amide bonds. The van der Waals surface area contributed by atoms with Gasteiger partial charge in [-0.2, -0.15) is 0 Å². The van der Waals surface area contributed by atoms with E-state index < -0.39 is 41.7 Å². The highest BCUT2D eigenvalue weighted by molar-refractivity contribution is 5.90. The normalized spacial score (nSPS) is 20.1. The Hall–Kier alpha value is -3.31.